The van der Waals surface area contributed by atoms with E-state index in [1.807, 2.05) is 6.07 Å². The highest BCUT2D eigenvalue weighted by Crippen LogP contribution is 2.24. The zero-order valence-electron chi connectivity index (χ0n) is 9.62. The van der Waals surface area contributed by atoms with E-state index in [2.05, 4.69) is 11.4 Å². The van der Waals surface area contributed by atoms with Crippen LogP contribution in [0.2, 0.25) is 5.02 Å². The van der Waals surface area contributed by atoms with E-state index in [0.29, 0.717) is 16.6 Å². The Hall–Kier alpha value is -1.24. The summed E-state index contributed by atoms with van der Waals surface area (Å²) >= 11 is 5.99. The first-order chi connectivity index (χ1) is 8.20. The lowest BCUT2D eigenvalue weighted by Crippen LogP contribution is -2.42. The fourth-order valence-electron chi connectivity index (χ4n) is 2.25. The Morgan fingerprint density at radius 2 is 2.12 bits per heavy atom. The van der Waals surface area contributed by atoms with Crippen LogP contribution in [0.5, 0.6) is 0 Å². The van der Waals surface area contributed by atoms with Gasteiger partial charge in [-0.2, -0.15) is 5.26 Å². The molecule has 0 saturated heterocycles. The second-order valence-electron chi connectivity index (χ2n) is 4.51. The van der Waals surface area contributed by atoms with Crippen LogP contribution in [0.25, 0.3) is 0 Å². The van der Waals surface area contributed by atoms with Crippen molar-refractivity contribution in [3.8, 4) is 6.07 Å². The number of hydrogen-bond donors (Lipinski definition) is 2. The van der Waals surface area contributed by atoms with E-state index in [-0.39, 0.29) is 6.04 Å². The number of anilines is 1. The van der Waals surface area contributed by atoms with Gasteiger partial charge < -0.3 is 11.1 Å². The molecule has 90 valence electrons. The molecule has 2 rings (SSSR count). The van der Waals surface area contributed by atoms with Crippen LogP contribution >= 0.6 is 11.6 Å². The highest BCUT2D eigenvalue weighted by molar-refractivity contribution is 6.32. The SMILES string of the molecule is N#Cc1ccc(NC2CCCCC2N)cc1Cl. The number of rotatable bonds is 2. The molecule has 1 aliphatic carbocycles. The van der Waals surface area contributed by atoms with Crippen molar-refractivity contribution >= 4 is 17.3 Å². The molecule has 4 heteroatoms. The summed E-state index contributed by atoms with van der Waals surface area (Å²) in [6.07, 6.45) is 4.60. The number of nitriles is 1. The summed E-state index contributed by atoms with van der Waals surface area (Å²) in [5.41, 5.74) is 7.52. The van der Waals surface area contributed by atoms with Gasteiger partial charge in [0.2, 0.25) is 0 Å². The standard InChI is InChI=1S/C13H16ClN3/c14-11-7-10(6-5-9(11)8-15)17-13-4-2-1-3-12(13)16/h5-7,12-13,17H,1-4,16H2. The second-order valence-corrected chi connectivity index (χ2v) is 4.91. The van der Waals surface area contributed by atoms with E-state index in [0.717, 1.165) is 18.5 Å². The maximum absolute atomic E-state index is 8.80. The molecule has 0 aliphatic heterocycles. The molecule has 1 aromatic carbocycles. The molecule has 0 amide bonds. The highest BCUT2D eigenvalue weighted by atomic mass is 35.5. The summed E-state index contributed by atoms with van der Waals surface area (Å²) in [5.74, 6) is 0. The molecule has 0 spiro atoms. The van der Waals surface area contributed by atoms with Crippen molar-refractivity contribution < 1.29 is 0 Å². The van der Waals surface area contributed by atoms with Crippen LogP contribution in [-0.4, -0.2) is 12.1 Å². The number of nitrogens with zero attached hydrogens (tertiary/aromatic N) is 1. The molecule has 1 saturated carbocycles. The van der Waals surface area contributed by atoms with Crippen LogP contribution in [0.3, 0.4) is 0 Å². The molecule has 0 radical (unpaired) electrons. The lowest BCUT2D eigenvalue weighted by atomic mass is 9.91. The number of hydrogen-bond acceptors (Lipinski definition) is 3. The fourth-order valence-corrected chi connectivity index (χ4v) is 2.47. The maximum atomic E-state index is 8.80. The molecule has 1 aromatic rings. The second kappa shape index (κ2) is 5.39. The first kappa shape index (κ1) is 12.2. The van der Waals surface area contributed by atoms with Gasteiger partial charge in [-0.25, -0.2) is 0 Å². The first-order valence-corrected chi connectivity index (χ1v) is 6.30. The average molecular weight is 250 g/mol. The molecule has 2 atom stereocenters. The molecule has 2 unspecified atom stereocenters. The van der Waals surface area contributed by atoms with Gasteiger partial charge in [-0.1, -0.05) is 24.4 Å². The van der Waals surface area contributed by atoms with Crippen molar-refractivity contribution in [2.75, 3.05) is 5.32 Å². The third-order valence-electron chi connectivity index (χ3n) is 3.26. The fraction of sp³-hybridized carbons (Fsp3) is 0.462. The third-order valence-corrected chi connectivity index (χ3v) is 3.57. The van der Waals surface area contributed by atoms with E-state index >= 15 is 0 Å². The summed E-state index contributed by atoms with van der Waals surface area (Å²) in [7, 11) is 0. The van der Waals surface area contributed by atoms with Crippen molar-refractivity contribution in [1.29, 1.82) is 5.26 Å². The highest BCUT2D eigenvalue weighted by Gasteiger charge is 2.21. The smallest absolute Gasteiger partial charge is 0.101 e. The number of nitrogens with two attached hydrogens (primary N) is 1. The van der Waals surface area contributed by atoms with Gasteiger partial charge in [0.1, 0.15) is 6.07 Å². The molecule has 3 nitrogen and oxygen atoms in total. The van der Waals surface area contributed by atoms with E-state index in [1.54, 1.807) is 12.1 Å². The Morgan fingerprint density at radius 1 is 1.35 bits per heavy atom. The minimum absolute atomic E-state index is 0.207. The van der Waals surface area contributed by atoms with Gasteiger partial charge in [-0.3, -0.25) is 0 Å². The quantitative estimate of drug-likeness (QED) is 0.847. The summed E-state index contributed by atoms with van der Waals surface area (Å²) in [6.45, 7) is 0. The first-order valence-electron chi connectivity index (χ1n) is 5.92. The Bertz CT molecular complexity index is 439. The third kappa shape index (κ3) is 2.91. The minimum atomic E-state index is 0.207. The molecule has 1 fully saturated rings. The van der Waals surface area contributed by atoms with Gasteiger partial charge in [0.05, 0.1) is 10.6 Å². The molecule has 0 heterocycles. The topological polar surface area (TPSA) is 61.8 Å². The summed E-state index contributed by atoms with van der Waals surface area (Å²) in [4.78, 5) is 0. The van der Waals surface area contributed by atoms with Gasteiger partial charge >= 0.3 is 0 Å². The number of halogens is 1. The van der Waals surface area contributed by atoms with E-state index in [1.165, 1.54) is 12.8 Å². The maximum Gasteiger partial charge on any atom is 0.101 e. The van der Waals surface area contributed by atoms with E-state index in [4.69, 9.17) is 22.6 Å². The van der Waals surface area contributed by atoms with Crippen molar-refractivity contribution in [2.45, 2.75) is 37.8 Å². The molecule has 0 bridgehead atoms. The van der Waals surface area contributed by atoms with Crippen LogP contribution in [0, 0.1) is 11.3 Å². The Kier molecular flexibility index (Phi) is 3.88. The molecule has 3 N–H and O–H groups in total. The summed E-state index contributed by atoms with van der Waals surface area (Å²) < 4.78 is 0. The van der Waals surface area contributed by atoms with Crippen molar-refractivity contribution in [1.82, 2.24) is 0 Å². The van der Waals surface area contributed by atoms with Crippen LogP contribution < -0.4 is 11.1 Å². The predicted octanol–water partition coefficient (Wildman–Crippen LogP) is 2.89. The lowest BCUT2D eigenvalue weighted by molar-refractivity contribution is 0.404. The molecule has 1 aliphatic rings. The normalized spacial score (nSPS) is 24.1. The average Bonchev–Trinajstić information content (AvgIpc) is 2.32. The zero-order chi connectivity index (χ0) is 12.3. The monoisotopic (exact) mass is 249 g/mol. The van der Waals surface area contributed by atoms with Crippen molar-refractivity contribution in [3.63, 3.8) is 0 Å². The predicted molar refractivity (Wildman–Crippen MR) is 70.0 cm³/mol. The van der Waals surface area contributed by atoms with Gasteiger partial charge in [-0.05, 0) is 31.0 Å². The van der Waals surface area contributed by atoms with Gasteiger partial charge in [0.25, 0.3) is 0 Å². The van der Waals surface area contributed by atoms with Gasteiger partial charge in [0, 0.05) is 17.8 Å². The van der Waals surface area contributed by atoms with Crippen molar-refractivity contribution in [3.05, 3.63) is 28.8 Å². The lowest BCUT2D eigenvalue weighted by Gasteiger charge is -2.30. The molecular weight excluding hydrogens is 234 g/mol. The Balaban J connectivity index is 2.08. The van der Waals surface area contributed by atoms with Crippen LogP contribution in [0.1, 0.15) is 31.2 Å². The largest absolute Gasteiger partial charge is 0.381 e. The number of nitrogens with one attached hydrogen (secondary N) is 1. The van der Waals surface area contributed by atoms with Gasteiger partial charge in [0.15, 0.2) is 0 Å². The van der Waals surface area contributed by atoms with Gasteiger partial charge in [-0.15, -0.1) is 0 Å². The van der Waals surface area contributed by atoms with Crippen LogP contribution in [-0.2, 0) is 0 Å². The molecule has 0 aromatic heterocycles. The molecule has 17 heavy (non-hydrogen) atoms. The van der Waals surface area contributed by atoms with Crippen LogP contribution in [0.15, 0.2) is 18.2 Å². The zero-order valence-corrected chi connectivity index (χ0v) is 10.4. The summed E-state index contributed by atoms with van der Waals surface area (Å²) in [6, 6.07) is 7.98. The molecular formula is C13H16ClN3. The van der Waals surface area contributed by atoms with E-state index in [9.17, 15) is 0 Å². The number of benzene rings is 1. The Morgan fingerprint density at radius 3 is 2.76 bits per heavy atom. The Labute approximate surface area is 107 Å². The van der Waals surface area contributed by atoms with Crippen LogP contribution in [0.4, 0.5) is 5.69 Å². The van der Waals surface area contributed by atoms with E-state index < -0.39 is 0 Å². The minimum Gasteiger partial charge on any atom is -0.381 e. The van der Waals surface area contributed by atoms with Crippen molar-refractivity contribution in [2.24, 2.45) is 5.73 Å². The summed E-state index contributed by atoms with van der Waals surface area (Å²) in [5, 5.41) is 12.7.